The van der Waals surface area contributed by atoms with Crippen LogP contribution in [0.15, 0.2) is 28.4 Å². The van der Waals surface area contributed by atoms with Crippen molar-refractivity contribution in [2.24, 2.45) is 10.2 Å². The Balaban J connectivity index is 2.52. The van der Waals surface area contributed by atoms with E-state index in [0.717, 1.165) is 0 Å². The number of carboxylic acids is 1. The SMILES string of the molecule is Nc1nc(N)c(N=Nc2cccc(C=O)c2C(=O)O)c(N)n1. The second-order valence-corrected chi connectivity index (χ2v) is 4.07. The van der Waals surface area contributed by atoms with E-state index in [2.05, 4.69) is 20.2 Å². The van der Waals surface area contributed by atoms with Crippen LogP contribution in [0.3, 0.4) is 0 Å². The molecule has 0 saturated carbocycles. The molecule has 0 fully saturated rings. The number of azo groups is 1. The van der Waals surface area contributed by atoms with Gasteiger partial charge in [0.15, 0.2) is 23.6 Å². The van der Waals surface area contributed by atoms with Crippen LogP contribution in [-0.4, -0.2) is 27.3 Å². The maximum absolute atomic E-state index is 11.2. The summed E-state index contributed by atoms with van der Waals surface area (Å²) in [4.78, 5) is 29.5. The van der Waals surface area contributed by atoms with E-state index in [1.807, 2.05) is 0 Å². The third-order valence-electron chi connectivity index (χ3n) is 2.63. The molecule has 10 nitrogen and oxygen atoms in total. The van der Waals surface area contributed by atoms with Gasteiger partial charge in [-0.1, -0.05) is 12.1 Å². The molecule has 1 heterocycles. The van der Waals surface area contributed by atoms with Gasteiger partial charge >= 0.3 is 5.97 Å². The van der Waals surface area contributed by atoms with Crippen molar-refractivity contribution >= 4 is 41.2 Å². The molecule has 0 atom stereocenters. The third-order valence-corrected chi connectivity index (χ3v) is 2.63. The van der Waals surface area contributed by atoms with Gasteiger partial charge in [-0.2, -0.15) is 9.97 Å². The van der Waals surface area contributed by atoms with Crippen LogP contribution in [0.25, 0.3) is 0 Å². The number of hydrogen-bond acceptors (Lipinski definition) is 9. The lowest BCUT2D eigenvalue weighted by Crippen LogP contribution is -2.03. The molecule has 2 rings (SSSR count). The van der Waals surface area contributed by atoms with Gasteiger partial charge in [0.1, 0.15) is 5.69 Å². The Labute approximate surface area is 123 Å². The molecule has 1 aromatic heterocycles. The Morgan fingerprint density at radius 2 is 1.77 bits per heavy atom. The van der Waals surface area contributed by atoms with Crippen LogP contribution in [0.2, 0.25) is 0 Å². The largest absolute Gasteiger partial charge is 0.478 e. The van der Waals surface area contributed by atoms with Crippen molar-refractivity contribution in [1.29, 1.82) is 0 Å². The molecular weight excluding hydrogens is 290 g/mol. The van der Waals surface area contributed by atoms with Crippen molar-refractivity contribution in [2.75, 3.05) is 17.2 Å². The van der Waals surface area contributed by atoms with E-state index >= 15 is 0 Å². The molecule has 0 bridgehead atoms. The summed E-state index contributed by atoms with van der Waals surface area (Å²) in [6.45, 7) is 0. The van der Waals surface area contributed by atoms with Gasteiger partial charge in [0.2, 0.25) is 5.95 Å². The van der Waals surface area contributed by atoms with Gasteiger partial charge in [-0.15, -0.1) is 10.2 Å². The highest BCUT2D eigenvalue weighted by Gasteiger charge is 2.15. The summed E-state index contributed by atoms with van der Waals surface area (Å²) in [7, 11) is 0. The fourth-order valence-corrected chi connectivity index (χ4v) is 1.69. The summed E-state index contributed by atoms with van der Waals surface area (Å²) >= 11 is 0. The zero-order valence-corrected chi connectivity index (χ0v) is 11.1. The number of aromatic nitrogens is 2. The summed E-state index contributed by atoms with van der Waals surface area (Å²) in [6, 6.07) is 4.20. The Morgan fingerprint density at radius 1 is 1.14 bits per heavy atom. The Kier molecular flexibility index (Phi) is 3.93. The number of carboxylic acid groups (broad SMARTS) is 1. The minimum absolute atomic E-state index is 0.0292. The molecule has 112 valence electrons. The first-order valence-electron chi connectivity index (χ1n) is 5.85. The molecule has 0 aliphatic rings. The topological polar surface area (TPSA) is 183 Å². The molecule has 7 N–H and O–H groups in total. The fraction of sp³-hybridized carbons (Fsp3) is 0. The van der Waals surface area contributed by atoms with E-state index < -0.39 is 5.97 Å². The molecule has 22 heavy (non-hydrogen) atoms. The summed E-state index contributed by atoms with van der Waals surface area (Å²) in [5, 5.41) is 16.7. The van der Waals surface area contributed by atoms with Gasteiger partial charge in [-0.3, -0.25) is 4.79 Å². The Hall–Kier alpha value is -3.56. The predicted octanol–water partition coefficient (Wildman–Crippen LogP) is 1.15. The molecule has 0 saturated heterocycles. The molecule has 0 amide bonds. The quantitative estimate of drug-likeness (QED) is 0.478. The van der Waals surface area contributed by atoms with Gasteiger partial charge in [0.05, 0.1) is 5.56 Å². The number of aromatic carboxylic acids is 1. The Morgan fingerprint density at radius 3 is 2.32 bits per heavy atom. The third kappa shape index (κ3) is 2.80. The second-order valence-electron chi connectivity index (χ2n) is 4.07. The van der Waals surface area contributed by atoms with Crippen LogP contribution in [-0.2, 0) is 0 Å². The minimum Gasteiger partial charge on any atom is -0.478 e. The molecule has 0 radical (unpaired) electrons. The average molecular weight is 301 g/mol. The molecule has 0 aliphatic carbocycles. The van der Waals surface area contributed by atoms with Crippen LogP contribution in [0.4, 0.5) is 29.0 Å². The first-order valence-corrected chi connectivity index (χ1v) is 5.85. The van der Waals surface area contributed by atoms with Crippen molar-refractivity contribution < 1.29 is 14.7 Å². The van der Waals surface area contributed by atoms with E-state index in [-0.39, 0.29) is 40.1 Å². The smallest absolute Gasteiger partial charge is 0.338 e. The molecule has 1 aromatic carbocycles. The zero-order chi connectivity index (χ0) is 16.3. The predicted molar refractivity (Wildman–Crippen MR) is 78.2 cm³/mol. The van der Waals surface area contributed by atoms with Gasteiger partial charge < -0.3 is 22.3 Å². The highest BCUT2D eigenvalue weighted by atomic mass is 16.4. The minimum atomic E-state index is -1.31. The van der Waals surface area contributed by atoms with E-state index in [4.69, 9.17) is 22.3 Å². The lowest BCUT2D eigenvalue weighted by Gasteiger charge is -2.04. The van der Waals surface area contributed by atoms with Crippen LogP contribution in [0.1, 0.15) is 20.7 Å². The number of nitrogen functional groups attached to an aromatic ring is 3. The number of hydrogen-bond donors (Lipinski definition) is 4. The zero-order valence-electron chi connectivity index (χ0n) is 11.1. The Bertz CT molecular complexity index is 765. The van der Waals surface area contributed by atoms with Crippen LogP contribution in [0.5, 0.6) is 0 Å². The van der Waals surface area contributed by atoms with Gasteiger partial charge in [0, 0.05) is 5.56 Å². The molecule has 0 aliphatic heterocycles. The maximum Gasteiger partial charge on any atom is 0.338 e. The van der Waals surface area contributed by atoms with E-state index in [0.29, 0.717) is 6.29 Å². The van der Waals surface area contributed by atoms with Gasteiger partial charge in [0.25, 0.3) is 0 Å². The summed E-state index contributed by atoms with van der Waals surface area (Å²) in [6.07, 6.45) is 0.414. The number of aldehydes is 1. The van der Waals surface area contributed by atoms with Crippen molar-refractivity contribution in [3.05, 3.63) is 29.3 Å². The number of rotatable bonds is 4. The summed E-state index contributed by atoms with van der Waals surface area (Å²) in [5.41, 5.74) is 16.2. The van der Waals surface area contributed by atoms with Crippen LogP contribution in [0, 0.1) is 0 Å². The van der Waals surface area contributed by atoms with Gasteiger partial charge in [-0.05, 0) is 6.07 Å². The number of carbonyl (C=O) groups excluding carboxylic acids is 1. The van der Waals surface area contributed by atoms with Gasteiger partial charge in [-0.25, -0.2) is 4.79 Å². The lowest BCUT2D eigenvalue weighted by molar-refractivity contribution is 0.0695. The summed E-state index contributed by atoms with van der Waals surface area (Å²) < 4.78 is 0. The summed E-state index contributed by atoms with van der Waals surface area (Å²) in [5.74, 6) is -1.64. The van der Waals surface area contributed by atoms with E-state index in [9.17, 15) is 9.59 Å². The molecule has 10 heteroatoms. The van der Waals surface area contributed by atoms with Crippen molar-refractivity contribution in [3.63, 3.8) is 0 Å². The number of anilines is 3. The fourth-order valence-electron chi connectivity index (χ4n) is 1.69. The number of nitrogens with two attached hydrogens (primary N) is 3. The highest BCUT2D eigenvalue weighted by Crippen LogP contribution is 2.30. The van der Waals surface area contributed by atoms with Crippen LogP contribution >= 0.6 is 0 Å². The normalized spacial score (nSPS) is 10.7. The number of carbonyl (C=O) groups is 2. The molecule has 0 spiro atoms. The highest BCUT2D eigenvalue weighted by molar-refractivity contribution is 6.01. The van der Waals surface area contributed by atoms with Crippen molar-refractivity contribution in [1.82, 2.24) is 9.97 Å². The van der Waals surface area contributed by atoms with Crippen molar-refractivity contribution in [3.8, 4) is 0 Å². The molecule has 0 unspecified atom stereocenters. The van der Waals surface area contributed by atoms with E-state index in [1.165, 1.54) is 18.2 Å². The molecular formula is C12H11N7O3. The average Bonchev–Trinajstić information content (AvgIpc) is 2.45. The monoisotopic (exact) mass is 301 g/mol. The maximum atomic E-state index is 11.2. The molecule has 2 aromatic rings. The second kappa shape index (κ2) is 5.83. The number of nitrogens with zero attached hydrogens (tertiary/aromatic N) is 4. The number of benzene rings is 1. The van der Waals surface area contributed by atoms with Crippen molar-refractivity contribution in [2.45, 2.75) is 0 Å². The van der Waals surface area contributed by atoms with Crippen LogP contribution < -0.4 is 17.2 Å². The standard InChI is InChI=1S/C12H11N7O3/c13-9-8(10(14)17-12(15)16-9)19-18-6-3-1-2-5(4-20)7(6)11(21)22/h1-4H,(H,21,22)(H6,13,14,15,16,17). The first kappa shape index (κ1) is 14.8. The first-order chi connectivity index (χ1) is 10.4. The van der Waals surface area contributed by atoms with E-state index in [1.54, 1.807) is 0 Å². The lowest BCUT2D eigenvalue weighted by atomic mass is 10.1.